The summed E-state index contributed by atoms with van der Waals surface area (Å²) in [4.78, 5) is 38.0. The van der Waals surface area contributed by atoms with E-state index in [9.17, 15) is 14.4 Å². The molecule has 0 aromatic carbocycles. The molecule has 0 aromatic rings. The van der Waals surface area contributed by atoms with Crippen LogP contribution < -0.4 is 0 Å². The van der Waals surface area contributed by atoms with Gasteiger partial charge in [0, 0.05) is 19.3 Å². The maximum absolute atomic E-state index is 12.8. The monoisotopic (exact) mass is 935 g/mol. The Kier molecular flexibility index (Phi) is 52.8. The number of unbranched alkanes of at least 4 members (excludes halogenated alkanes) is 28. The largest absolute Gasteiger partial charge is 0.462 e. The van der Waals surface area contributed by atoms with E-state index in [4.69, 9.17) is 14.2 Å². The summed E-state index contributed by atoms with van der Waals surface area (Å²) in [7, 11) is 0. The summed E-state index contributed by atoms with van der Waals surface area (Å²) in [6.45, 7) is 6.47. The first kappa shape index (κ1) is 63.8. The van der Waals surface area contributed by atoms with E-state index >= 15 is 0 Å². The van der Waals surface area contributed by atoms with E-state index in [2.05, 4.69) is 87.6 Å². The highest BCUT2D eigenvalue weighted by Gasteiger charge is 2.19. The van der Waals surface area contributed by atoms with Gasteiger partial charge in [0.15, 0.2) is 6.10 Å². The number of allylic oxidation sites excluding steroid dienone is 12. The number of esters is 3. The van der Waals surface area contributed by atoms with Gasteiger partial charge in [0.25, 0.3) is 0 Å². The fourth-order valence-corrected chi connectivity index (χ4v) is 8.00. The summed E-state index contributed by atoms with van der Waals surface area (Å²) in [6, 6.07) is 0. The minimum absolute atomic E-state index is 0.102. The lowest BCUT2D eigenvalue weighted by Crippen LogP contribution is -2.30. The van der Waals surface area contributed by atoms with Gasteiger partial charge in [-0.05, 0) is 57.8 Å². The van der Waals surface area contributed by atoms with Crippen LogP contribution in [0.4, 0.5) is 0 Å². The van der Waals surface area contributed by atoms with E-state index in [0.717, 1.165) is 77.0 Å². The van der Waals surface area contributed by atoms with E-state index < -0.39 is 6.10 Å². The summed E-state index contributed by atoms with van der Waals surface area (Å²) in [6.07, 6.45) is 70.6. The molecule has 0 N–H and O–H groups in total. The molecule has 67 heavy (non-hydrogen) atoms. The SMILES string of the molecule is CC/C=C\C/C=C\C/C=C\C/C=C\C/C=C\C/C=C\CCC(=O)OC(COC(=O)CCCCCCCCCCC)COC(=O)CCCCCCCCCCCCCCCCCCCCCCC. The summed E-state index contributed by atoms with van der Waals surface area (Å²) in [5.41, 5.74) is 0. The Morgan fingerprint density at radius 1 is 0.313 bits per heavy atom. The zero-order valence-electron chi connectivity index (χ0n) is 44.2. The highest BCUT2D eigenvalue weighted by Crippen LogP contribution is 2.16. The van der Waals surface area contributed by atoms with Crippen molar-refractivity contribution in [1.29, 1.82) is 0 Å². The summed E-state index contributed by atoms with van der Waals surface area (Å²) >= 11 is 0. The zero-order valence-corrected chi connectivity index (χ0v) is 44.2. The molecule has 0 aliphatic carbocycles. The average molecular weight is 936 g/mol. The highest BCUT2D eigenvalue weighted by atomic mass is 16.6. The van der Waals surface area contributed by atoms with Gasteiger partial charge in [0.1, 0.15) is 13.2 Å². The summed E-state index contributed by atoms with van der Waals surface area (Å²) in [5.74, 6) is -0.981. The Labute approximate surface area is 414 Å². The van der Waals surface area contributed by atoms with Crippen LogP contribution in [0.15, 0.2) is 72.9 Å². The van der Waals surface area contributed by atoms with Gasteiger partial charge in [-0.1, -0.05) is 273 Å². The zero-order chi connectivity index (χ0) is 48.6. The lowest BCUT2D eigenvalue weighted by molar-refractivity contribution is -0.166. The van der Waals surface area contributed by atoms with Crippen molar-refractivity contribution in [3.63, 3.8) is 0 Å². The lowest BCUT2D eigenvalue weighted by Gasteiger charge is -2.18. The topological polar surface area (TPSA) is 78.9 Å². The third kappa shape index (κ3) is 53.7. The number of hydrogen-bond acceptors (Lipinski definition) is 6. The molecule has 1 atom stereocenters. The predicted octanol–water partition coefficient (Wildman–Crippen LogP) is 19.0. The molecule has 0 heterocycles. The van der Waals surface area contributed by atoms with Crippen LogP contribution in [0.25, 0.3) is 0 Å². The maximum Gasteiger partial charge on any atom is 0.306 e. The second-order valence-corrected chi connectivity index (χ2v) is 18.8. The Morgan fingerprint density at radius 3 is 0.881 bits per heavy atom. The van der Waals surface area contributed by atoms with Crippen molar-refractivity contribution in [1.82, 2.24) is 0 Å². The van der Waals surface area contributed by atoms with Crippen LogP contribution in [0, 0.1) is 0 Å². The quantitative estimate of drug-likeness (QED) is 0.0262. The standard InChI is InChI=1S/C61H106O6/c1-4-7-10-13-16-19-21-23-25-27-29-30-32-33-35-37-39-42-45-48-51-54-60(63)66-57-58(56-65-59(62)53-50-47-44-41-18-15-12-9-6-3)67-61(64)55-52-49-46-43-40-38-36-34-31-28-26-24-22-20-17-14-11-8-5-2/h8,11,17,20,24,26,31,34,38,40,46,49,58H,4-7,9-10,12-16,18-19,21-23,25,27-30,32-33,35-37,39,41-45,47-48,50-57H2,1-3H3/b11-8-,20-17-,26-24-,34-31-,40-38-,49-46-. The van der Waals surface area contributed by atoms with Crippen LogP contribution in [-0.4, -0.2) is 37.2 Å². The highest BCUT2D eigenvalue weighted by molar-refractivity contribution is 5.71. The van der Waals surface area contributed by atoms with Crippen LogP contribution >= 0.6 is 0 Å². The van der Waals surface area contributed by atoms with Crippen molar-refractivity contribution >= 4 is 17.9 Å². The fraction of sp³-hybridized carbons (Fsp3) is 0.754. The van der Waals surface area contributed by atoms with E-state index in [1.54, 1.807) is 0 Å². The molecular weight excluding hydrogens is 829 g/mol. The molecule has 0 fully saturated rings. The number of rotatable bonds is 51. The van der Waals surface area contributed by atoms with Gasteiger partial charge in [-0.25, -0.2) is 0 Å². The van der Waals surface area contributed by atoms with Gasteiger partial charge < -0.3 is 14.2 Å². The van der Waals surface area contributed by atoms with Gasteiger partial charge in [-0.3, -0.25) is 14.4 Å². The molecule has 0 spiro atoms. The van der Waals surface area contributed by atoms with Crippen molar-refractivity contribution in [3.8, 4) is 0 Å². The summed E-state index contributed by atoms with van der Waals surface area (Å²) < 4.78 is 16.7. The molecule has 0 aliphatic heterocycles. The second-order valence-electron chi connectivity index (χ2n) is 18.8. The van der Waals surface area contributed by atoms with Gasteiger partial charge >= 0.3 is 17.9 Å². The van der Waals surface area contributed by atoms with E-state index in [0.29, 0.717) is 19.3 Å². The van der Waals surface area contributed by atoms with Gasteiger partial charge in [0.2, 0.25) is 0 Å². The Hall–Kier alpha value is -3.15. The fourth-order valence-electron chi connectivity index (χ4n) is 8.00. The molecule has 1 unspecified atom stereocenters. The van der Waals surface area contributed by atoms with Crippen LogP contribution in [0.1, 0.15) is 278 Å². The molecule has 386 valence electrons. The van der Waals surface area contributed by atoms with Crippen molar-refractivity contribution in [2.45, 2.75) is 284 Å². The van der Waals surface area contributed by atoms with Crippen LogP contribution in [0.3, 0.4) is 0 Å². The van der Waals surface area contributed by atoms with Crippen molar-refractivity contribution in [2.24, 2.45) is 0 Å². The normalized spacial score (nSPS) is 12.6. The number of carbonyl (C=O) groups excluding carboxylic acids is 3. The average Bonchev–Trinajstić information content (AvgIpc) is 3.33. The van der Waals surface area contributed by atoms with Gasteiger partial charge in [-0.2, -0.15) is 0 Å². The number of ether oxygens (including phenoxy) is 3. The molecule has 6 nitrogen and oxygen atoms in total. The molecule has 0 aromatic heterocycles. The van der Waals surface area contributed by atoms with E-state index in [1.807, 2.05) is 6.08 Å². The molecule has 0 saturated heterocycles. The number of carbonyl (C=O) groups is 3. The first-order valence-corrected chi connectivity index (χ1v) is 28.4. The van der Waals surface area contributed by atoms with Crippen molar-refractivity contribution in [2.75, 3.05) is 13.2 Å². The third-order valence-corrected chi connectivity index (χ3v) is 12.2. The smallest absolute Gasteiger partial charge is 0.306 e. The first-order chi connectivity index (χ1) is 33.0. The molecule has 6 heteroatoms. The first-order valence-electron chi connectivity index (χ1n) is 28.4. The van der Waals surface area contributed by atoms with Gasteiger partial charge in [0.05, 0.1) is 0 Å². The molecular formula is C61H106O6. The third-order valence-electron chi connectivity index (χ3n) is 12.2. The van der Waals surface area contributed by atoms with E-state index in [-0.39, 0.29) is 37.5 Å². The summed E-state index contributed by atoms with van der Waals surface area (Å²) in [5, 5.41) is 0. The Morgan fingerprint density at radius 2 is 0.582 bits per heavy atom. The van der Waals surface area contributed by atoms with Crippen LogP contribution in [-0.2, 0) is 28.6 Å². The number of hydrogen-bond donors (Lipinski definition) is 0. The Bertz CT molecular complexity index is 1260. The minimum Gasteiger partial charge on any atom is -0.462 e. The minimum atomic E-state index is -0.812. The van der Waals surface area contributed by atoms with Crippen LogP contribution in [0.5, 0.6) is 0 Å². The van der Waals surface area contributed by atoms with Gasteiger partial charge in [-0.15, -0.1) is 0 Å². The van der Waals surface area contributed by atoms with Crippen molar-refractivity contribution < 1.29 is 28.6 Å². The molecule has 0 saturated carbocycles. The molecule has 0 amide bonds. The predicted molar refractivity (Wildman–Crippen MR) is 288 cm³/mol. The Balaban J connectivity index is 4.35. The molecule has 0 bridgehead atoms. The molecule has 0 aliphatic rings. The van der Waals surface area contributed by atoms with Crippen molar-refractivity contribution in [3.05, 3.63) is 72.9 Å². The van der Waals surface area contributed by atoms with Crippen LogP contribution in [0.2, 0.25) is 0 Å². The molecule has 0 rings (SSSR count). The second kappa shape index (κ2) is 55.4. The molecule has 0 radical (unpaired) electrons. The van der Waals surface area contributed by atoms with E-state index in [1.165, 1.54) is 154 Å². The maximum atomic E-state index is 12.8. The lowest BCUT2D eigenvalue weighted by atomic mass is 10.0.